The summed E-state index contributed by atoms with van der Waals surface area (Å²) in [7, 11) is 0. The van der Waals surface area contributed by atoms with Crippen LogP contribution in [0.2, 0.25) is 0 Å². The van der Waals surface area contributed by atoms with E-state index in [-0.39, 0.29) is 6.61 Å². The predicted molar refractivity (Wildman–Crippen MR) is 108 cm³/mol. The molecule has 28 heavy (non-hydrogen) atoms. The van der Waals surface area contributed by atoms with Gasteiger partial charge in [0, 0.05) is 26.0 Å². The molecule has 0 bridgehead atoms. The molecule has 0 aliphatic carbocycles. The summed E-state index contributed by atoms with van der Waals surface area (Å²) in [5.74, 6) is -1.02. The van der Waals surface area contributed by atoms with Gasteiger partial charge >= 0.3 is 5.97 Å². The topological polar surface area (TPSA) is 50.4 Å². The number of aryl methyl sites for hydroxylation is 3. The molecule has 0 amide bonds. The number of aliphatic carboxylic acids is 1. The van der Waals surface area contributed by atoms with Gasteiger partial charge in [0.2, 0.25) is 5.60 Å². The van der Waals surface area contributed by atoms with Crippen LogP contribution in [0, 0.1) is 20.8 Å². The quantitative estimate of drug-likeness (QED) is 0.636. The van der Waals surface area contributed by atoms with Gasteiger partial charge in [-0.05, 0) is 23.6 Å². The third-order valence-corrected chi connectivity index (χ3v) is 5.02. The van der Waals surface area contributed by atoms with Crippen molar-refractivity contribution in [1.82, 2.24) is 0 Å². The fraction of sp³-hybridized carbons (Fsp3) is 0.250. The molecular formula is C24H26NO3+. The molecule has 1 aromatic heterocycles. The molecule has 144 valence electrons. The molecule has 3 aromatic rings. The van der Waals surface area contributed by atoms with Crippen molar-refractivity contribution in [3.8, 4) is 0 Å². The molecule has 3 rings (SSSR count). The number of ether oxygens (including phenoxy) is 1. The molecular weight excluding hydrogens is 350 g/mol. The zero-order chi connectivity index (χ0) is 20.1. The summed E-state index contributed by atoms with van der Waals surface area (Å²) in [6.45, 7) is 7.02. The van der Waals surface area contributed by atoms with Crippen molar-refractivity contribution < 1.29 is 19.2 Å². The number of nitrogens with zero attached hydrogens (tertiary/aromatic N) is 1. The fourth-order valence-corrected chi connectivity index (χ4v) is 3.77. The molecule has 0 atom stereocenters. The Kier molecular flexibility index (Phi) is 5.90. The van der Waals surface area contributed by atoms with E-state index in [0.717, 1.165) is 11.4 Å². The Balaban J connectivity index is 1.96. The minimum Gasteiger partial charge on any atom is -0.479 e. The van der Waals surface area contributed by atoms with Crippen LogP contribution in [0.4, 0.5) is 0 Å². The molecule has 4 nitrogen and oxygen atoms in total. The lowest BCUT2D eigenvalue weighted by molar-refractivity contribution is -0.710. The Bertz CT molecular complexity index is 890. The number of carbonyl (C=O) groups is 1. The van der Waals surface area contributed by atoms with Gasteiger partial charge in [-0.3, -0.25) is 0 Å². The number of benzene rings is 2. The van der Waals surface area contributed by atoms with E-state index in [4.69, 9.17) is 4.74 Å². The van der Waals surface area contributed by atoms with Gasteiger partial charge in [-0.15, -0.1) is 0 Å². The average molecular weight is 376 g/mol. The Morgan fingerprint density at radius 3 is 1.79 bits per heavy atom. The summed E-state index contributed by atoms with van der Waals surface area (Å²) in [6, 6.07) is 22.5. The lowest BCUT2D eigenvalue weighted by atomic mass is 9.86. The van der Waals surface area contributed by atoms with Gasteiger partial charge in [0.25, 0.3) is 0 Å². The number of carboxylic acids is 1. The van der Waals surface area contributed by atoms with Crippen LogP contribution in [-0.4, -0.2) is 17.7 Å². The predicted octanol–water partition coefficient (Wildman–Crippen LogP) is 3.94. The maximum absolute atomic E-state index is 12.5. The Hall–Kier alpha value is -2.98. The standard InChI is InChI=1S/C24H25NO3/c1-18-16-19(2)25(20(3)17-18)14-15-28-24(23(26)27,21-10-6-4-7-11-21)22-12-8-5-9-13-22/h4-13,16-17H,14-15H2,1-3H3/p+1. The lowest BCUT2D eigenvalue weighted by Gasteiger charge is -2.30. The zero-order valence-corrected chi connectivity index (χ0v) is 16.6. The van der Waals surface area contributed by atoms with Crippen molar-refractivity contribution in [2.75, 3.05) is 6.61 Å². The van der Waals surface area contributed by atoms with Crippen LogP contribution in [0.1, 0.15) is 28.1 Å². The zero-order valence-electron chi connectivity index (χ0n) is 16.6. The van der Waals surface area contributed by atoms with Crippen LogP contribution in [0.5, 0.6) is 0 Å². The van der Waals surface area contributed by atoms with E-state index < -0.39 is 11.6 Å². The van der Waals surface area contributed by atoms with Gasteiger partial charge in [0.1, 0.15) is 6.61 Å². The minimum absolute atomic E-state index is 0.269. The molecule has 0 unspecified atom stereocenters. The Labute approximate surface area is 166 Å². The first-order valence-electron chi connectivity index (χ1n) is 9.41. The van der Waals surface area contributed by atoms with Crippen molar-refractivity contribution in [3.63, 3.8) is 0 Å². The molecule has 0 spiro atoms. The first kappa shape index (κ1) is 19.8. The maximum atomic E-state index is 12.5. The molecule has 0 saturated heterocycles. The van der Waals surface area contributed by atoms with E-state index in [9.17, 15) is 9.90 Å². The summed E-state index contributed by atoms with van der Waals surface area (Å²) >= 11 is 0. The van der Waals surface area contributed by atoms with Gasteiger partial charge in [0.05, 0.1) is 0 Å². The number of hydrogen-bond donors (Lipinski definition) is 1. The lowest BCUT2D eigenvalue weighted by Crippen LogP contribution is -2.46. The smallest absolute Gasteiger partial charge is 0.345 e. The Morgan fingerprint density at radius 2 is 1.36 bits per heavy atom. The normalized spacial score (nSPS) is 11.4. The Morgan fingerprint density at radius 1 is 0.893 bits per heavy atom. The second kappa shape index (κ2) is 8.36. The van der Waals surface area contributed by atoms with Crippen LogP contribution in [0.25, 0.3) is 0 Å². The van der Waals surface area contributed by atoms with Gasteiger partial charge in [-0.1, -0.05) is 60.7 Å². The summed E-state index contributed by atoms with van der Waals surface area (Å²) in [5.41, 5.74) is 3.13. The second-order valence-corrected chi connectivity index (χ2v) is 7.03. The van der Waals surface area contributed by atoms with Crippen molar-refractivity contribution >= 4 is 5.97 Å². The van der Waals surface area contributed by atoms with Gasteiger partial charge < -0.3 is 9.84 Å². The van der Waals surface area contributed by atoms with Crippen molar-refractivity contribution in [1.29, 1.82) is 0 Å². The van der Waals surface area contributed by atoms with Crippen LogP contribution < -0.4 is 4.57 Å². The third-order valence-electron chi connectivity index (χ3n) is 5.02. The molecule has 1 N–H and O–H groups in total. The molecule has 0 fully saturated rings. The molecule has 0 saturated carbocycles. The van der Waals surface area contributed by atoms with E-state index in [1.165, 1.54) is 5.56 Å². The van der Waals surface area contributed by atoms with Gasteiger partial charge in [0.15, 0.2) is 17.9 Å². The van der Waals surface area contributed by atoms with Crippen LogP contribution in [0.15, 0.2) is 72.8 Å². The largest absolute Gasteiger partial charge is 0.479 e. The summed E-state index contributed by atoms with van der Waals surface area (Å²) in [4.78, 5) is 12.5. The molecule has 1 heterocycles. The number of aromatic nitrogens is 1. The number of hydrogen-bond acceptors (Lipinski definition) is 2. The first-order chi connectivity index (χ1) is 13.4. The van der Waals surface area contributed by atoms with E-state index in [0.29, 0.717) is 17.7 Å². The van der Waals surface area contributed by atoms with Gasteiger partial charge in [-0.25, -0.2) is 4.79 Å². The summed E-state index contributed by atoms with van der Waals surface area (Å²) in [6.07, 6.45) is 0. The van der Waals surface area contributed by atoms with E-state index in [2.05, 4.69) is 37.5 Å². The fourth-order valence-electron chi connectivity index (χ4n) is 3.77. The molecule has 0 aliphatic heterocycles. The molecule has 4 heteroatoms. The number of carboxylic acid groups (broad SMARTS) is 1. The summed E-state index contributed by atoms with van der Waals surface area (Å²) < 4.78 is 8.34. The van der Waals surface area contributed by atoms with E-state index in [1.807, 2.05) is 36.4 Å². The average Bonchev–Trinajstić information content (AvgIpc) is 2.68. The maximum Gasteiger partial charge on any atom is 0.345 e. The van der Waals surface area contributed by atoms with E-state index >= 15 is 0 Å². The van der Waals surface area contributed by atoms with Crippen LogP contribution >= 0.6 is 0 Å². The SMILES string of the molecule is Cc1cc(C)[n+](CCOC(C(=O)O)(c2ccccc2)c2ccccc2)c(C)c1. The monoisotopic (exact) mass is 376 g/mol. The highest BCUT2D eigenvalue weighted by Gasteiger charge is 2.44. The van der Waals surface area contributed by atoms with Gasteiger partial charge in [-0.2, -0.15) is 4.57 Å². The number of pyridine rings is 1. The highest BCUT2D eigenvalue weighted by Crippen LogP contribution is 2.34. The van der Waals surface area contributed by atoms with Crippen molar-refractivity contribution in [3.05, 3.63) is 101 Å². The molecule has 0 aliphatic rings. The second-order valence-electron chi connectivity index (χ2n) is 7.03. The van der Waals surface area contributed by atoms with Crippen LogP contribution in [-0.2, 0) is 21.7 Å². The molecule has 2 aromatic carbocycles. The highest BCUT2D eigenvalue weighted by atomic mass is 16.5. The molecule has 0 radical (unpaired) electrons. The first-order valence-corrected chi connectivity index (χ1v) is 9.41. The summed E-state index contributed by atoms with van der Waals surface area (Å²) in [5, 5.41) is 10.2. The highest BCUT2D eigenvalue weighted by molar-refractivity contribution is 5.84. The van der Waals surface area contributed by atoms with Crippen molar-refractivity contribution in [2.45, 2.75) is 32.9 Å². The van der Waals surface area contributed by atoms with Crippen molar-refractivity contribution in [2.24, 2.45) is 0 Å². The minimum atomic E-state index is -1.55. The van der Waals surface area contributed by atoms with E-state index in [1.54, 1.807) is 24.3 Å². The van der Waals surface area contributed by atoms with Crippen LogP contribution in [0.3, 0.4) is 0 Å². The number of rotatable bonds is 7. The third kappa shape index (κ3) is 3.82.